The molecule has 3 heterocycles. The number of hydrogen-bond acceptors (Lipinski definition) is 2. The summed E-state index contributed by atoms with van der Waals surface area (Å²) in [5.41, 5.74) is 15.8. The van der Waals surface area contributed by atoms with E-state index in [4.69, 9.17) is 4.99 Å². The Morgan fingerprint density at radius 1 is 0.491 bits per heavy atom. The van der Waals surface area contributed by atoms with Gasteiger partial charge in [-0.25, -0.2) is 0 Å². The fourth-order valence-corrected chi connectivity index (χ4v) is 10.4. The Hall–Kier alpha value is -7.23. The molecule has 1 aliphatic carbocycles. The highest BCUT2D eigenvalue weighted by molar-refractivity contribution is 6.31. The predicted octanol–water partition coefficient (Wildman–Crippen LogP) is 13.5. The van der Waals surface area contributed by atoms with E-state index in [1.807, 2.05) is 0 Å². The zero-order chi connectivity index (χ0) is 37.2. The van der Waals surface area contributed by atoms with Crippen molar-refractivity contribution in [3.63, 3.8) is 0 Å². The SMILES string of the molecule is C1=C(/c2ccccc2)NC(c2cccc3ccc4ccccc4c23)/N=C2/c3ccccc3-n3c4cc(cc5c4c4c6c(cccc6ccc43)-c3ccccc3-5)C2C/1. The summed E-state index contributed by atoms with van der Waals surface area (Å²) in [6.45, 7) is 0. The first-order valence-electron chi connectivity index (χ1n) is 20.0. The average Bonchev–Trinajstić information content (AvgIpc) is 3.53. The van der Waals surface area contributed by atoms with E-state index in [0.717, 1.165) is 23.4 Å². The Bertz CT molecular complexity index is 3420. The van der Waals surface area contributed by atoms with Crippen LogP contribution in [0.25, 0.3) is 87.8 Å². The van der Waals surface area contributed by atoms with Crippen LogP contribution in [-0.4, -0.2) is 10.3 Å². The van der Waals surface area contributed by atoms with Gasteiger partial charge in [-0.15, -0.1) is 0 Å². The van der Waals surface area contributed by atoms with Crippen molar-refractivity contribution in [3.05, 3.63) is 204 Å². The molecule has 2 unspecified atom stereocenters. The first-order chi connectivity index (χ1) is 28.3. The van der Waals surface area contributed by atoms with E-state index in [-0.39, 0.29) is 12.1 Å². The zero-order valence-electron chi connectivity index (χ0n) is 31.1. The van der Waals surface area contributed by atoms with Crippen LogP contribution in [0.5, 0.6) is 0 Å². The topological polar surface area (TPSA) is 29.3 Å². The van der Waals surface area contributed by atoms with E-state index in [0.29, 0.717) is 0 Å². The fraction of sp³-hybridized carbons (Fsp3) is 0.0556. The number of nitrogens with zero attached hydrogens (tertiary/aromatic N) is 2. The molecule has 1 N–H and O–H groups in total. The number of rotatable bonds is 2. The van der Waals surface area contributed by atoms with Crippen molar-refractivity contribution in [2.75, 3.05) is 0 Å². The highest BCUT2D eigenvalue weighted by atomic mass is 15.1. The molecule has 3 heteroatoms. The first-order valence-corrected chi connectivity index (χ1v) is 20.0. The zero-order valence-corrected chi connectivity index (χ0v) is 31.1. The van der Waals surface area contributed by atoms with E-state index >= 15 is 0 Å². The molecule has 57 heavy (non-hydrogen) atoms. The van der Waals surface area contributed by atoms with Gasteiger partial charge in [-0.1, -0.05) is 158 Å². The molecule has 0 amide bonds. The minimum absolute atomic E-state index is 0.00593. The molecule has 0 spiro atoms. The van der Waals surface area contributed by atoms with Gasteiger partial charge in [0.1, 0.15) is 6.17 Å². The van der Waals surface area contributed by atoms with Gasteiger partial charge in [0, 0.05) is 33.5 Å². The van der Waals surface area contributed by atoms with Crippen LogP contribution in [0.3, 0.4) is 0 Å². The summed E-state index contributed by atoms with van der Waals surface area (Å²) in [7, 11) is 0. The highest BCUT2D eigenvalue weighted by Gasteiger charge is 2.33. The maximum Gasteiger partial charge on any atom is 0.145 e. The van der Waals surface area contributed by atoms with Crippen LogP contribution in [0.4, 0.5) is 0 Å². The number of para-hydroxylation sites is 1. The summed E-state index contributed by atoms with van der Waals surface area (Å²) >= 11 is 0. The normalized spacial score (nSPS) is 18.5. The van der Waals surface area contributed by atoms with E-state index in [9.17, 15) is 0 Å². The largest absolute Gasteiger partial charge is 0.360 e. The molecular weight excluding hydrogens is 691 g/mol. The summed E-state index contributed by atoms with van der Waals surface area (Å²) in [6.07, 6.45) is 2.87. The smallest absolute Gasteiger partial charge is 0.145 e. The van der Waals surface area contributed by atoms with E-state index in [2.05, 4.69) is 192 Å². The molecule has 9 aromatic carbocycles. The van der Waals surface area contributed by atoms with Crippen LogP contribution in [-0.2, 0) is 0 Å². The standard InChI is InChI=1S/C54H35N3/c1-2-13-33(14-3-1)45-28-27-38-36-30-44-40-19-7-6-18-39(40)41-21-10-16-35-26-29-47-52(50(35)41)51(44)48(31-36)57(47)46-23-9-8-20-42(46)53(38)56-54(55-45)43-22-11-15-34-25-24-32-12-4-5-17-37(32)49(34)43/h1-26,28-31,38,54-55H,27H2/b45-28-,56-53+. The maximum absolute atomic E-state index is 6.00. The number of allylic oxidation sites excluding steroid dienone is 1. The van der Waals surface area contributed by atoms with Gasteiger partial charge in [0.25, 0.3) is 0 Å². The minimum atomic E-state index is -0.355. The molecule has 0 fully saturated rings. The molecular formula is C54H35N3. The van der Waals surface area contributed by atoms with Crippen LogP contribution in [0.1, 0.15) is 40.8 Å². The lowest BCUT2D eigenvalue weighted by Gasteiger charge is -2.31. The van der Waals surface area contributed by atoms with Gasteiger partial charge < -0.3 is 9.88 Å². The number of benzene rings is 9. The van der Waals surface area contributed by atoms with Gasteiger partial charge in [-0.3, -0.25) is 4.99 Å². The molecule has 2 bridgehead atoms. The summed E-state index contributed by atoms with van der Waals surface area (Å²) in [5.74, 6) is 0.00593. The van der Waals surface area contributed by atoms with Gasteiger partial charge in [0.15, 0.2) is 0 Å². The Morgan fingerprint density at radius 3 is 2.07 bits per heavy atom. The van der Waals surface area contributed by atoms with Crippen molar-refractivity contribution in [1.29, 1.82) is 0 Å². The van der Waals surface area contributed by atoms with Crippen molar-refractivity contribution >= 4 is 65.5 Å². The number of fused-ring (bicyclic) bond motifs is 13. The lowest BCUT2D eigenvalue weighted by molar-refractivity contribution is 0.659. The monoisotopic (exact) mass is 725 g/mol. The average molecular weight is 726 g/mol. The van der Waals surface area contributed by atoms with E-state index in [1.165, 1.54) is 98.8 Å². The fourth-order valence-electron chi connectivity index (χ4n) is 10.4. The second-order valence-electron chi connectivity index (χ2n) is 15.8. The maximum atomic E-state index is 6.00. The third-order valence-electron chi connectivity index (χ3n) is 12.9. The molecule has 2 atom stereocenters. The van der Waals surface area contributed by atoms with Crippen molar-refractivity contribution in [1.82, 2.24) is 9.88 Å². The molecule has 0 radical (unpaired) electrons. The van der Waals surface area contributed by atoms with Crippen molar-refractivity contribution in [2.45, 2.75) is 18.5 Å². The number of nitrogens with one attached hydrogen (secondary N) is 1. The number of hydrogen-bond donors (Lipinski definition) is 1. The van der Waals surface area contributed by atoms with Gasteiger partial charge in [0.2, 0.25) is 0 Å². The third kappa shape index (κ3) is 4.34. The molecule has 3 nitrogen and oxygen atoms in total. The van der Waals surface area contributed by atoms with Crippen LogP contribution < -0.4 is 5.32 Å². The Kier molecular flexibility index (Phi) is 6.34. The Morgan fingerprint density at radius 2 is 1.18 bits per heavy atom. The minimum Gasteiger partial charge on any atom is -0.360 e. The lowest BCUT2D eigenvalue weighted by Crippen LogP contribution is -2.27. The second-order valence-corrected chi connectivity index (χ2v) is 15.8. The van der Waals surface area contributed by atoms with Gasteiger partial charge >= 0.3 is 0 Å². The highest BCUT2D eigenvalue weighted by Crippen LogP contribution is 2.52. The van der Waals surface area contributed by atoms with Crippen LogP contribution in [0.15, 0.2) is 187 Å². The molecule has 0 saturated heterocycles. The second kappa shape index (κ2) is 11.6. The summed E-state index contributed by atoms with van der Waals surface area (Å²) in [5, 5.41) is 14.2. The van der Waals surface area contributed by atoms with Gasteiger partial charge in [0.05, 0.1) is 22.4 Å². The van der Waals surface area contributed by atoms with Gasteiger partial charge in [-0.05, 0) is 96.4 Å². The summed E-state index contributed by atoms with van der Waals surface area (Å²) < 4.78 is 2.54. The van der Waals surface area contributed by atoms with Crippen molar-refractivity contribution in [3.8, 4) is 27.9 Å². The summed E-state index contributed by atoms with van der Waals surface area (Å²) in [4.78, 5) is 6.00. The molecule has 13 rings (SSSR count). The number of aromatic nitrogens is 1. The van der Waals surface area contributed by atoms with Crippen LogP contribution in [0.2, 0.25) is 0 Å². The van der Waals surface area contributed by atoms with Crippen molar-refractivity contribution < 1.29 is 0 Å². The molecule has 3 aliphatic rings. The molecule has 0 saturated carbocycles. The predicted molar refractivity (Wildman–Crippen MR) is 238 cm³/mol. The molecule has 1 aromatic heterocycles. The van der Waals surface area contributed by atoms with E-state index < -0.39 is 0 Å². The van der Waals surface area contributed by atoms with Crippen molar-refractivity contribution in [2.24, 2.45) is 4.99 Å². The summed E-state index contributed by atoms with van der Waals surface area (Å²) in [6, 6.07) is 65.2. The quantitative estimate of drug-likeness (QED) is 0.177. The first kappa shape index (κ1) is 31.0. The Balaban J connectivity index is 1.16. The van der Waals surface area contributed by atoms with Crippen LogP contribution >= 0.6 is 0 Å². The third-order valence-corrected chi connectivity index (χ3v) is 12.9. The lowest BCUT2D eigenvalue weighted by atomic mass is 9.82. The van der Waals surface area contributed by atoms with Crippen LogP contribution in [0, 0.1) is 0 Å². The number of aliphatic imine (C=N–C) groups is 1. The molecule has 266 valence electrons. The van der Waals surface area contributed by atoms with E-state index in [1.54, 1.807) is 0 Å². The molecule has 2 aliphatic heterocycles. The molecule has 10 aromatic rings. The van der Waals surface area contributed by atoms with Gasteiger partial charge in [-0.2, -0.15) is 0 Å². The Labute approximate surface area is 329 Å².